The van der Waals surface area contributed by atoms with E-state index in [-0.39, 0.29) is 6.42 Å². The fourth-order valence-electron chi connectivity index (χ4n) is 0.955. The summed E-state index contributed by atoms with van der Waals surface area (Å²) >= 11 is 0. The Morgan fingerprint density at radius 2 is 1.94 bits per heavy atom. The smallest absolute Gasteiger partial charge is 0.325 e. The molecule has 100 valence electrons. The number of methoxy groups -OCH3 is 1. The maximum atomic E-state index is 11.6. The largest absolute Gasteiger partial charge is 0.480 e. The van der Waals surface area contributed by atoms with Gasteiger partial charge in [-0.1, -0.05) is 0 Å². The van der Waals surface area contributed by atoms with Crippen LogP contribution in [0.25, 0.3) is 0 Å². The number of carboxylic acid groups (broad SMARTS) is 1. The van der Waals surface area contributed by atoms with Gasteiger partial charge in [0.2, 0.25) is 10.0 Å². The molecule has 0 aliphatic carbocycles. The van der Waals surface area contributed by atoms with E-state index in [2.05, 4.69) is 4.74 Å². The Kier molecular flexibility index (Phi) is 6.07. The number of carbonyl (C=O) groups excluding carboxylic acids is 1. The van der Waals surface area contributed by atoms with Crippen LogP contribution in [-0.4, -0.2) is 55.6 Å². The minimum Gasteiger partial charge on any atom is -0.480 e. The highest BCUT2D eigenvalue weighted by molar-refractivity contribution is 7.90. The number of aliphatic hydroxyl groups is 1. The predicted molar refractivity (Wildman–Crippen MR) is 56.7 cm³/mol. The summed E-state index contributed by atoms with van der Waals surface area (Å²) in [5.74, 6) is -2.43. The zero-order chi connectivity index (χ0) is 13.6. The molecule has 0 aromatic rings. The van der Waals surface area contributed by atoms with Gasteiger partial charge >= 0.3 is 11.9 Å². The first kappa shape index (κ1) is 15.8. The summed E-state index contributed by atoms with van der Waals surface area (Å²) in [4.78, 5) is 21.7. The second kappa shape index (κ2) is 6.52. The van der Waals surface area contributed by atoms with Crippen LogP contribution >= 0.6 is 0 Å². The predicted octanol–water partition coefficient (Wildman–Crippen LogP) is -1.70. The minimum absolute atomic E-state index is 0.289. The molecule has 2 atom stereocenters. The third-order valence-corrected chi connectivity index (χ3v) is 3.76. The van der Waals surface area contributed by atoms with Crippen LogP contribution < -0.4 is 4.72 Å². The molecule has 0 aromatic heterocycles. The van der Waals surface area contributed by atoms with Gasteiger partial charge in [0.1, 0.15) is 6.04 Å². The van der Waals surface area contributed by atoms with Crippen LogP contribution in [0.1, 0.15) is 13.3 Å². The first-order chi connectivity index (χ1) is 7.76. The van der Waals surface area contributed by atoms with Crippen LogP contribution in [0.4, 0.5) is 0 Å². The van der Waals surface area contributed by atoms with Crippen molar-refractivity contribution >= 4 is 22.0 Å². The van der Waals surface area contributed by atoms with Crippen LogP contribution in [0.15, 0.2) is 0 Å². The van der Waals surface area contributed by atoms with E-state index >= 15 is 0 Å². The second-order valence-corrected chi connectivity index (χ2v) is 5.26. The lowest BCUT2D eigenvalue weighted by atomic mass is 10.2. The van der Waals surface area contributed by atoms with Crippen LogP contribution in [0.3, 0.4) is 0 Å². The zero-order valence-corrected chi connectivity index (χ0v) is 10.2. The lowest BCUT2D eigenvalue weighted by Gasteiger charge is -2.16. The number of aliphatic carboxylic acids is 1. The van der Waals surface area contributed by atoms with Crippen LogP contribution in [-0.2, 0) is 24.3 Å². The molecule has 0 saturated heterocycles. The average Bonchev–Trinajstić information content (AvgIpc) is 2.26. The van der Waals surface area contributed by atoms with Crippen molar-refractivity contribution in [2.24, 2.45) is 0 Å². The molecule has 8 nitrogen and oxygen atoms in total. The van der Waals surface area contributed by atoms with Gasteiger partial charge in [-0.3, -0.25) is 9.59 Å². The van der Waals surface area contributed by atoms with Crippen LogP contribution in [0.5, 0.6) is 0 Å². The third kappa shape index (κ3) is 4.67. The third-order valence-electron chi connectivity index (χ3n) is 2.02. The van der Waals surface area contributed by atoms with Gasteiger partial charge in [-0.15, -0.1) is 0 Å². The van der Waals surface area contributed by atoms with E-state index < -0.39 is 39.9 Å². The van der Waals surface area contributed by atoms with E-state index in [1.807, 2.05) is 4.72 Å². The molecule has 3 N–H and O–H groups in total. The highest BCUT2D eigenvalue weighted by Crippen LogP contribution is 2.04. The van der Waals surface area contributed by atoms with Gasteiger partial charge in [-0.25, -0.2) is 13.1 Å². The molecule has 0 amide bonds. The molecule has 2 unspecified atom stereocenters. The fraction of sp³-hybridized carbons (Fsp3) is 0.750. The lowest BCUT2D eigenvalue weighted by molar-refractivity contribution is -0.141. The normalized spacial score (nSPS) is 15.0. The topological polar surface area (TPSA) is 130 Å². The maximum Gasteiger partial charge on any atom is 0.325 e. The number of carboxylic acids is 1. The van der Waals surface area contributed by atoms with E-state index in [1.165, 1.54) is 0 Å². The Morgan fingerprint density at radius 1 is 1.41 bits per heavy atom. The Bertz CT molecular complexity index is 377. The Hall–Kier alpha value is -1.19. The second-order valence-electron chi connectivity index (χ2n) is 3.23. The van der Waals surface area contributed by atoms with Gasteiger partial charge in [0.25, 0.3) is 0 Å². The number of ether oxygens (including phenoxy) is 1. The van der Waals surface area contributed by atoms with Crippen LogP contribution in [0, 0.1) is 0 Å². The number of hydrogen-bond acceptors (Lipinski definition) is 6. The summed E-state index contributed by atoms with van der Waals surface area (Å²) in [5, 5.41) is 15.8. The molecule has 0 saturated carbocycles. The summed E-state index contributed by atoms with van der Waals surface area (Å²) in [5.41, 5.74) is 0. The number of esters is 1. The van der Waals surface area contributed by atoms with Crippen molar-refractivity contribution in [3.63, 3.8) is 0 Å². The summed E-state index contributed by atoms with van der Waals surface area (Å²) in [7, 11) is -3.13. The first-order valence-electron chi connectivity index (χ1n) is 4.69. The summed E-state index contributed by atoms with van der Waals surface area (Å²) in [6.07, 6.45) is -0.289. The molecule has 0 aromatic carbocycles. The molecule has 0 bridgehead atoms. The quantitative estimate of drug-likeness (QED) is 0.470. The van der Waals surface area contributed by atoms with Gasteiger partial charge in [-0.05, 0) is 13.3 Å². The van der Waals surface area contributed by atoms with Gasteiger partial charge in [0.15, 0.2) is 5.25 Å². The van der Waals surface area contributed by atoms with Crippen molar-refractivity contribution in [1.29, 1.82) is 0 Å². The highest BCUT2D eigenvalue weighted by Gasteiger charge is 2.32. The number of aliphatic hydroxyl groups excluding tert-OH is 1. The summed E-state index contributed by atoms with van der Waals surface area (Å²) in [6.45, 7) is 0.581. The molecule has 0 aliphatic rings. The molecule has 0 aliphatic heterocycles. The van der Waals surface area contributed by atoms with Gasteiger partial charge < -0.3 is 14.9 Å². The van der Waals surface area contributed by atoms with Crippen molar-refractivity contribution in [3.8, 4) is 0 Å². The fourth-order valence-corrected chi connectivity index (χ4v) is 2.12. The van der Waals surface area contributed by atoms with Gasteiger partial charge in [-0.2, -0.15) is 0 Å². The number of sulfonamides is 1. The molecule has 0 spiro atoms. The molecule has 0 fully saturated rings. The molecule has 0 heterocycles. The monoisotopic (exact) mass is 269 g/mol. The zero-order valence-electron chi connectivity index (χ0n) is 9.41. The lowest BCUT2D eigenvalue weighted by Crippen LogP contribution is -2.47. The summed E-state index contributed by atoms with van der Waals surface area (Å²) < 4.78 is 29.2. The molecule has 0 rings (SSSR count). The van der Waals surface area contributed by atoms with Crippen molar-refractivity contribution in [2.45, 2.75) is 24.6 Å². The minimum atomic E-state index is -4.15. The Morgan fingerprint density at radius 3 is 2.29 bits per heavy atom. The number of hydrogen-bond donors (Lipinski definition) is 3. The van der Waals surface area contributed by atoms with Crippen molar-refractivity contribution in [1.82, 2.24) is 4.72 Å². The number of rotatable bonds is 7. The number of carbonyl (C=O) groups is 2. The number of nitrogens with one attached hydrogen (secondary N) is 1. The van der Waals surface area contributed by atoms with Gasteiger partial charge in [0, 0.05) is 6.61 Å². The Balaban J connectivity index is 4.83. The van der Waals surface area contributed by atoms with E-state index in [0.29, 0.717) is 0 Å². The molecule has 9 heteroatoms. The van der Waals surface area contributed by atoms with E-state index in [0.717, 1.165) is 14.0 Å². The van der Waals surface area contributed by atoms with Gasteiger partial charge in [0.05, 0.1) is 7.11 Å². The van der Waals surface area contributed by atoms with Crippen molar-refractivity contribution < 1.29 is 33.0 Å². The van der Waals surface area contributed by atoms with E-state index in [9.17, 15) is 18.0 Å². The first-order valence-corrected chi connectivity index (χ1v) is 6.23. The molecular weight excluding hydrogens is 254 g/mol. The summed E-state index contributed by atoms with van der Waals surface area (Å²) in [6, 6.07) is -1.47. The SMILES string of the molecule is COC(=O)C(C)S(=O)(=O)NC(CCO)C(=O)O. The highest BCUT2D eigenvalue weighted by atomic mass is 32.2. The Labute approximate surface area is 98.6 Å². The van der Waals surface area contributed by atoms with E-state index in [4.69, 9.17) is 10.2 Å². The molecule has 0 radical (unpaired) electrons. The molecular formula is C8H15NO7S. The average molecular weight is 269 g/mol. The maximum absolute atomic E-state index is 11.6. The van der Waals surface area contributed by atoms with Crippen LogP contribution in [0.2, 0.25) is 0 Å². The van der Waals surface area contributed by atoms with E-state index in [1.54, 1.807) is 0 Å². The van der Waals surface area contributed by atoms with Crippen molar-refractivity contribution in [3.05, 3.63) is 0 Å². The molecule has 17 heavy (non-hydrogen) atoms. The standard InChI is InChI=1S/C8H15NO7S/c1-5(8(13)16-2)17(14,15)9-6(3-4-10)7(11)12/h5-6,9-10H,3-4H2,1-2H3,(H,11,12). The van der Waals surface area contributed by atoms with Crippen molar-refractivity contribution in [2.75, 3.05) is 13.7 Å².